The summed E-state index contributed by atoms with van der Waals surface area (Å²) in [5, 5.41) is 4.56. The van der Waals surface area contributed by atoms with Gasteiger partial charge < -0.3 is 14.5 Å². The quantitative estimate of drug-likeness (QED) is 0.878. The van der Waals surface area contributed by atoms with Crippen LogP contribution in [0, 0.1) is 0 Å². The first kappa shape index (κ1) is 13.0. The van der Waals surface area contributed by atoms with Crippen molar-refractivity contribution in [2.24, 2.45) is 0 Å². The third-order valence-electron chi connectivity index (χ3n) is 3.11. The normalized spacial score (nSPS) is 11.4. The van der Waals surface area contributed by atoms with E-state index >= 15 is 0 Å². The van der Waals surface area contributed by atoms with Gasteiger partial charge in [0.15, 0.2) is 11.3 Å². The van der Waals surface area contributed by atoms with Crippen LogP contribution in [0.2, 0.25) is 0 Å². The van der Waals surface area contributed by atoms with Crippen LogP contribution >= 0.6 is 0 Å². The molecule has 3 nitrogen and oxygen atoms in total. The van der Waals surface area contributed by atoms with Crippen molar-refractivity contribution in [3.63, 3.8) is 0 Å². The zero-order valence-corrected chi connectivity index (χ0v) is 11.5. The van der Waals surface area contributed by atoms with Gasteiger partial charge in [0.05, 0.1) is 13.7 Å². The third kappa shape index (κ3) is 2.36. The van der Waals surface area contributed by atoms with E-state index in [9.17, 15) is 0 Å². The Morgan fingerprint density at radius 2 is 2.11 bits per heavy atom. The molecule has 0 atom stereocenters. The summed E-state index contributed by atoms with van der Waals surface area (Å²) in [5.74, 6) is 1.82. The zero-order chi connectivity index (χ0) is 13.1. The molecule has 1 heterocycles. The molecule has 1 aromatic heterocycles. The van der Waals surface area contributed by atoms with Gasteiger partial charge in [-0.1, -0.05) is 32.9 Å². The fourth-order valence-corrected chi connectivity index (χ4v) is 2.18. The lowest BCUT2D eigenvalue weighted by atomic mass is 10.1. The van der Waals surface area contributed by atoms with Crippen molar-refractivity contribution in [2.45, 2.75) is 39.8 Å². The van der Waals surface area contributed by atoms with Gasteiger partial charge in [-0.2, -0.15) is 0 Å². The summed E-state index contributed by atoms with van der Waals surface area (Å²) in [5.41, 5.74) is 2.13. The van der Waals surface area contributed by atoms with Crippen LogP contribution in [0.15, 0.2) is 22.6 Å². The summed E-state index contributed by atoms with van der Waals surface area (Å²) < 4.78 is 11.3. The number of hydrogen-bond donors (Lipinski definition) is 1. The maximum Gasteiger partial charge on any atom is 0.176 e. The lowest BCUT2D eigenvalue weighted by Crippen LogP contribution is -2.22. The Morgan fingerprint density at radius 3 is 2.72 bits per heavy atom. The fourth-order valence-electron chi connectivity index (χ4n) is 2.18. The highest BCUT2D eigenvalue weighted by atomic mass is 16.5. The molecule has 0 radical (unpaired) electrons. The summed E-state index contributed by atoms with van der Waals surface area (Å²) in [6, 6.07) is 6.49. The van der Waals surface area contributed by atoms with Gasteiger partial charge >= 0.3 is 0 Å². The molecule has 1 N–H and O–H groups in total. The topological polar surface area (TPSA) is 34.4 Å². The fraction of sp³-hybridized carbons (Fsp3) is 0.467. The second kappa shape index (κ2) is 5.44. The number of fused-ring (bicyclic) bond motifs is 1. The molecule has 0 saturated carbocycles. The van der Waals surface area contributed by atoms with Crippen LogP contribution in [-0.2, 0) is 13.0 Å². The number of rotatable bonds is 5. The molecule has 0 fully saturated rings. The minimum Gasteiger partial charge on any atom is -0.493 e. The van der Waals surface area contributed by atoms with E-state index in [1.54, 1.807) is 7.11 Å². The highest BCUT2D eigenvalue weighted by Crippen LogP contribution is 2.33. The van der Waals surface area contributed by atoms with Gasteiger partial charge in [-0.15, -0.1) is 0 Å². The lowest BCUT2D eigenvalue weighted by Gasteiger charge is -2.06. The van der Waals surface area contributed by atoms with E-state index in [4.69, 9.17) is 9.15 Å². The van der Waals surface area contributed by atoms with Crippen LogP contribution in [0.1, 0.15) is 32.1 Å². The summed E-state index contributed by atoms with van der Waals surface area (Å²) in [4.78, 5) is 0. The second-order valence-electron chi connectivity index (χ2n) is 4.73. The molecule has 0 amide bonds. The van der Waals surface area contributed by atoms with Gasteiger partial charge in [-0.25, -0.2) is 0 Å². The molecule has 2 rings (SSSR count). The van der Waals surface area contributed by atoms with Crippen molar-refractivity contribution < 1.29 is 9.15 Å². The van der Waals surface area contributed by atoms with Crippen LogP contribution in [0.4, 0.5) is 0 Å². The lowest BCUT2D eigenvalue weighted by molar-refractivity contribution is 0.404. The van der Waals surface area contributed by atoms with E-state index < -0.39 is 0 Å². The van der Waals surface area contributed by atoms with Gasteiger partial charge in [0.1, 0.15) is 5.76 Å². The third-order valence-corrected chi connectivity index (χ3v) is 3.11. The molecule has 0 saturated heterocycles. The summed E-state index contributed by atoms with van der Waals surface area (Å²) in [7, 11) is 1.68. The van der Waals surface area contributed by atoms with E-state index in [0.29, 0.717) is 6.04 Å². The Hall–Kier alpha value is -1.48. The highest BCUT2D eigenvalue weighted by Gasteiger charge is 2.15. The molecule has 2 aromatic rings. The highest BCUT2D eigenvalue weighted by molar-refractivity contribution is 5.87. The van der Waals surface area contributed by atoms with E-state index in [0.717, 1.165) is 35.4 Å². The first-order chi connectivity index (χ1) is 8.67. The number of methoxy groups -OCH3 is 1. The Morgan fingerprint density at radius 1 is 1.33 bits per heavy atom. The Bertz CT molecular complexity index is 529. The minimum atomic E-state index is 0.449. The smallest absolute Gasteiger partial charge is 0.176 e. The SMILES string of the molecule is CCc1c(CNC(C)C)oc2c(OC)cccc12. The Labute approximate surface area is 108 Å². The van der Waals surface area contributed by atoms with E-state index in [-0.39, 0.29) is 0 Å². The summed E-state index contributed by atoms with van der Waals surface area (Å²) in [6.45, 7) is 7.19. The number of para-hydroxylation sites is 1. The number of furan rings is 1. The first-order valence-electron chi connectivity index (χ1n) is 6.48. The molecule has 0 bridgehead atoms. The Balaban J connectivity index is 2.46. The van der Waals surface area contributed by atoms with Crippen LogP contribution in [0.25, 0.3) is 11.0 Å². The Kier molecular flexibility index (Phi) is 3.92. The van der Waals surface area contributed by atoms with Crippen LogP contribution in [-0.4, -0.2) is 13.2 Å². The van der Waals surface area contributed by atoms with Gasteiger partial charge in [-0.05, 0) is 12.5 Å². The van der Waals surface area contributed by atoms with E-state index in [1.165, 1.54) is 5.56 Å². The van der Waals surface area contributed by atoms with Gasteiger partial charge in [0.2, 0.25) is 0 Å². The number of aryl methyl sites for hydroxylation is 1. The van der Waals surface area contributed by atoms with Crippen molar-refractivity contribution in [3.05, 3.63) is 29.5 Å². The van der Waals surface area contributed by atoms with E-state index in [2.05, 4.69) is 32.2 Å². The summed E-state index contributed by atoms with van der Waals surface area (Å²) >= 11 is 0. The molecule has 0 aliphatic rings. The average molecular weight is 247 g/mol. The maximum absolute atomic E-state index is 5.98. The van der Waals surface area contributed by atoms with Crippen molar-refractivity contribution in [2.75, 3.05) is 7.11 Å². The van der Waals surface area contributed by atoms with Gasteiger partial charge in [0, 0.05) is 17.0 Å². The molecule has 0 aliphatic heterocycles. The predicted molar refractivity (Wildman–Crippen MR) is 74.1 cm³/mol. The molecule has 0 spiro atoms. The van der Waals surface area contributed by atoms with Gasteiger partial charge in [0.25, 0.3) is 0 Å². The number of nitrogens with one attached hydrogen (secondary N) is 1. The molecule has 3 heteroatoms. The largest absolute Gasteiger partial charge is 0.493 e. The van der Waals surface area contributed by atoms with Gasteiger partial charge in [-0.3, -0.25) is 0 Å². The molecule has 18 heavy (non-hydrogen) atoms. The molecule has 1 aromatic carbocycles. The molecule has 0 unspecified atom stereocenters. The number of ether oxygens (including phenoxy) is 1. The van der Waals surface area contributed by atoms with Crippen LogP contribution in [0.5, 0.6) is 5.75 Å². The standard InChI is InChI=1S/C15H21NO2/c1-5-11-12-7-6-8-13(17-4)15(12)18-14(11)9-16-10(2)3/h6-8,10,16H,5,9H2,1-4H3. The summed E-state index contributed by atoms with van der Waals surface area (Å²) in [6.07, 6.45) is 0.968. The van der Waals surface area contributed by atoms with Crippen molar-refractivity contribution in [3.8, 4) is 5.75 Å². The van der Waals surface area contributed by atoms with Crippen molar-refractivity contribution in [1.29, 1.82) is 0 Å². The maximum atomic E-state index is 5.98. The number of benzene rings is 1. The van der Waals surface area contributed by atoms with Crippen molar-refractivity contribution >= 4 is 11.0 Å². The molecular weight excluding hydrogens is 226 g/mol. The zero-order valence-electron chi connectivity index (χ0n) is 11.5. The molecular formula is C15H21NO2. The van der Waals surface area contributed by atoms with E-state index in [1.807, 2.05) is 12.1 Å². The van der Waals surface area contributed by atoms with Crippen LogP contribution < -0.4 is 10.1 Å². The molecule has 0 aliphatic carbocycles. The first-order valence-corrected chi connectivity index (χ1v) is 6.48. The predicted octanol–water partition coefficient (Wildman–Crippen LogP) is 3.50. The number of hydrogen-bond acceptors (Lipinski definition) is 3. The van der Waals surface area contributed by atoms with Crippen molar-refractivity contribution in [1.82, 2.24) is 5.32 Å². The monoisotopic (exact) mass is 247 g/mol. The van der Waals surface area contributed by atoms with Crippen LogP contribution in [0.3, 0.4) is 0 Å². The molecule has 98 valence electrons. The minimum absolute atomic E-state index is 0.449. The average Bonchev–Trinajstić information content (AvgIpc) is 2.73. The second-order valence-corrected chi connectivity index (χ2v) is 4.73.